The van der Waals surface area contributed by atoms with Crippen LogP contribution in [0.5, 0.6) is 0 Å². The SMILES string of the molecule is O=C(O[C@H]1CCOC1=O)c1cc(S(=O)(=O)Nc2ccc(Br)cc2)ccc1Cl. The molecule has 0 aromatic heterocycles. The zero-order valence-corrected chi connectivity index (χ0v) is 16.8. The van der Waals surface area contributed by atoms with Gasteiger partial charge in [-0.05, 0) is 42.5 Å². The van der Waals surface area contributed by atoms with E-state index in [0.29, 0.717) is 5.69 Å². The lowest BCUT2D eigenvalue weighted by Crippen LogP contribution is -2.23. The smallest absolute Gasteiger partial charge is 0.347 e. The molecule has 1 saturated heterocycles. The first kappa shape index (κ1) is 19.7. The molecular weight excluding hydrogens is 462 g/mol. The third-order valence-electron chi connectivity index (χ3n) is 3.70. The molecule has 0 unspecified atom stereocenters. The number of anilines is 1. The molecule has 7 nitrogen and oxygen atoms in total. The number of hydrogen-bond donors (Lipinski definition) is 1. The summed E-state index contributed by atoms with van der Waals surface area (Å²) in [6, 6.07) is 10.2. The highest BCUT2D eigenvalue weighted by Crippen LogP contribution is 2.25. The Labute approximate surface area is 168 Å². The maximum Gasteiger partial charge on any atom is 0.347 e. The lowest BCUT2D eigenvalue weighted by Gasteiger charge is -2.12. The Bertz CT molecular complexity index is 993. The summed E-state index contributed by atoms with van der Waals surface area (Å²) in [6.07, 6.45) is -0.777. The van der Waals surface area contributed by atoms with Gasteiger partial charge in [0.15, 0.2) is 0 Å². The highest BCUT2D eigenvalue weighted by molar-refractivity contribution is 9.10. The number of nitrogens with one attached hydrogen (secondary N) is 1. The molecule has 2 aromatic carbocycles. The Morgan fingerprint density at radius 1 is 1.22 bits per heavy atom. The molecule has 1 aliphatic rings. The van der Waals surface area contributed by atoms with Crippen molar-refractivity contribution in [1.82, 2.24) is 0 Å². The van der Waals surface area contributed by atoms with Gasteiger partial charge >= 0.3 is 11.9 Å². The molecule has 0 bridgehead atoms. The largest absolute Gasteiger partial charge is 0.463 e. The van der Waals surface area contributed by atoms with Gasteiger partial charge in [-0.25, -0.2) is 18.0 Å². The van der Waals surface area contributed by atoms with E-state index in [2.05, 4.69) is 20.7 Å². The van der Waals surface area contributed by atoms with E-state index in [-0.39, 0.29) is 28.5 Å². The summed E-state index contributed by atoms with van der Waals surface area (Å²) in [5, 5.41) is 0.00829. The van der Waals surface area contributed by atoms with Crippen molar-refractivity contribution in [1.29, 1.82) is 0 Å². The summed E-state index contributed by atoms with van der Waals surface area (Å²) < 4.78 is 38.2. The summed E-state index contributed by atoms with van der Waals surface area (Å²) in [4.78, 5) is 23.6. The average Bonchev–Trinajstić information content (AvgIpc) is 3.01. The minimum absolute atomic E-state index is 0.00829. The fourth-order valence-corrected chi connectivity index (χ4v) is 3.88. The van der Waals surface area contributed by atoms with Gasteiger partial charge in [0.25, 0.3) is 10.0 Å². The number of benzene rings is 2. The molecular formula is C17H13BrClNO6S. The molecule has 0 aliphatic carbocycles. The maximum absolute atomic E-state index is 12.6. The van der Waals surface area contributed by atoms with Crippen molar-refractivity contribution in [3.05, 3.63) is 57.5 Å². The molecule has 10 heteroatoms. The van der Waals surface area contributed by atoms with Gasteiger partial charge in [-0.1, -0.05) is 27.5 Å². The number of hydrogen-bond acceptors (Lipinski definition) is 6. The van der Waals surface area contributed by atoms with E-state index in [0.717, 1.165) is 10.5 Å². The zero-order chi connectivity index (χ0) is 19.6. The molecule has 27 heavy (non-hydrogen) atoms. The molecule has 1 N–H and O–H groups in total. The number of ether oxygens (including phenoxy) is 2. The van der Waals surface area contributed by atoms with Crippen LogP contribution in [0.25, 0.3) is 0 Å². The Balaban J connectivity index is 1.84. The Hall–Kier alpha value is -2.10. The van der Waals surface area contributed by atoms with Crippen LogP contribution in [0.3, 0.4) is 0 Å². The quantitative estimate of drug-likeness (QED) is 0.667. The van der Waals surface area contributed by atoms with E-state index in [4.69, 9.17) is 21.1 Å². The van der Waals surface area contributed by atoms with Crippen molar-refractivity contribution < 1.29 is 27.5 Å². The fourth-order valence-electron chi connectivity index (χ4n) is 2.34. The van der Waals surface area contributed by atoms with E-state index in [1.807, 2.05) is 0 Å². The summed E-state index contributed by atoms with van der Waals surface area (Å²) in [5.41, 5.74) is 0.195. The van der Waals surface area contributed by atoms with Crippen LogP contribution in [0.2, 0.25) is 5.02 Å². The van der Waals surface area contributed by atoms with Crippen molar-refractivity contribution in [2.75, 3.05) is 11.3 Å². The van der Waals surface area contributed by atoms with Crippen LogP contribution in [0, 0.1) is 0 Å². The molecule has 142 valence electrons. The van der Waals surface area contributed by atoms with Gasteiger partial charge in [0, 0.05) is 16.6 Å². The van der Waals surface area contributed by atoms with Gasteiger partial charge in [-0.15, -0.1) is 0 Å². The molecule has 1 heterocycles. The van der Waals surface area contributed by atoms with Crippen LogP contribution < -0.4 is 4.72 Å². The molecule has 1 aliphatic heterocycles. The number of esters is 2. The van der Waals surface area contributed by atoms with Crippen molar-refractivity contribution in [2.24, 2.45) is 0 Å². The molecule has 0 amide bonds. The molecule has 0 spiro atoms. The molecule has 1 fully saturated rings. The predicted molar refractivity (Wildman–Crippen MR) is 101 cm³/mol. The first-order chi connectivity index (χ1) is 12.8. The minimum Gasteiger partial charge on any atom is -0.463 e. The average molecular weight is 475 g/mol. The molecule has 1 atom stereocenters. The van der Waals surface area contributed by atoms with E-state index in [1.165, 1.54) is 12.1 Å². The third kappa shape index (κ3) is 4.60. The van der Waals surface area contributed by atoms with Crippen molar-refractivity contribution in [2.45, 2.75) is 17.4 Å². The van der Waals surface area contributed by atoms with Crippen LogP contribution in [-0.2, 0) is 24.3 Å². The summed E-state index contributed by atoms with van der Waals surface area (Å²) in [6.45, 7) is 0.163. The Kier molecular flexibility index (Phi) is 5.73. The minimum atomic E-state index is -3.96. The Morgan fingerprint density at radius 3 is 2.56 bits per heavy atom. The highest BCUT2D eigenvalue weighted by Gasteiger charge is 2.31. The number of carbonyl (C=O) groups excluding carboxylic acids is 2. The second kappa shape index (κ2) is 7.87. The predicted octanol–water partition coefficient (Wildman–Crippen LogP) is 3.38. The second-order valence-electron chi connectivity index (χ2n) is 5.60. The highest BCUT2D eigenvalue weighted by atomic mass is 79.9. The zero-order valence-electron chi connectivity index (χ0n) is 13.6. The van der Waals surface area contributed by atoms with Crippen molar-refractivity contribution in [3.63, 3.8) is 0 Å². The Morgan fingerprint density at radius 2 is 1.93 bits per heavy atom. The lowest BCUT2D eigenvalue weighted by molar-refractivity contribution is -0.145. The maximum atomic E-state index is 12.6. The molecule has 0 radical (unpaired) electrons. The topological polar surface area (TPSA) is 98.8 Å². The van der Waals surface area contributed by atoms with Crippen molar-refractivity contribution >= 4 is 55.2 Å². The van der Waals surface area contributed by atoms with E-state index in [1.54, 1.807) is 24.3 Å². The van der Waals surface area contributed by atoms with E-state index < -0.39 is 28.1 Å². The molecule has 0 saturated carbocycles. The number of cyclic esters (lactones) is 1. The number of carbonyl (C=O) groups is 2. The van der Waals surface area contributed by atoms with Gasteiger partial charge in [0.05, 0.1) is 22.1 Å². The monoisotopic (exact) mass is 473 g/mol. The standard InChI is InChI=1S/C17H13BrClNO6S/c18-10-1-3-11(4-2-10)20-27(23,24)12-5-6-14(19)13(9-12)16(21)26-15-7-8-25-17(15)22/h1-6,9,15,20H,7-8H2/t15-/m0/s1. The first-order valence-electron chi connectivity index (χ1n) is 7.72. The summed E-state index contributed by atoms with van der Waals surface area (Å²) in [5.74, 6) is -1.54. The van der Waals surface area contributed by atoms with Crippen LogP contribution in [0.15, 0.2) is 51.8 Å². The van der Waals surface area contributed by atoms with E-state index >= 15 is 0 Å². The number of sulfonamides is 1. The van der Waals surface area contributed by atoms with Crippen LogP contribution in [0.4, 0.5) is 5.69 Å². The van der Waals surface area contributed by atoms with Crippen LogP contribution in [-0.4, -0.2) is 33.1 Å². The summed E-state index contributed by atoms with van der Waals surface area (Å²) >= 11 is 9.27. The molecule has 3 rings (SSSR count). The van der Waals surface area contributed by atoms with Gasteiger partial charge in [-0.3, -0.25) is 4.72 Å². The van der Waals surface area contributed by atoms with Crippen molar-refractivity contribution in [3.8, 4) is 0 Å². The molecule has 2 aromatic rings. The van der Waals surface area contributed by atoms with Gasteiger partial charge in [-0.2, -0.15) is 0 Å². The second-order valence-corrected chi connectivity index (χ2v) is 8.61. The van der Waals surface area contributed by atoms with E-state index in [9.17, 15) is 18.0 Å². The first-order valence-corrected chi connectivity index (χ1v) is 10.4. The van der Waals surface area contributed by atoms with Gasteiger partial charge in [0.1, 0.15) is 0 Å². The van der Waals surface area contributed by atoms with Crippen LogP contribution in [0.1, 0.15) is 16.8 Å². The van der Waals surface area contributed by atoms with Gasteiger partial charge < -0.3 is 9.47 Å². The summed E-state index contributed by atoms with van der Waals surface area (Å²) in [7, 11) is -3.96. The number of rotatable bonds is 5. The third-order valence-corrected chi connectivity index (χ3v) is 5.94. The van der Waals surface area contributed by atoms with Crippen LogP contribution >= 0.6 is 27.5 Å². The van der Waals surface area contributed by atoms with Gasteiger partial charge in [0.2, 0.25) is 6.10 Å². The lowest BCUT2D eigenvalue weighted by atomic mass is 10.2. The number of halogens is 2. The fraction of sp³-hybridized carbons (Fsp3) is 0.176. The normalized spacial score (nSPS) is 16.7.